The van der Waals surface area contributed by atoms with Crippen molar-refractivity contribution in [3.8, 4) is 0 Å². The molecular weight excluding hydrogens is 414 g/mol. The number of hydrogen-bond acceptors (Lipinski definition) is 5. The van der Waals surface area contributed by atoms with Crippen LogP contribution in [0, 0.1) is 0 Å². The molecule has 9 heteroatoms. The number of amides is 2. The smallest absolute Gasteiger partial charge is 0.356 e. The van der Waals surface area contributed by atoms with Gasteiger partial charge in [0.05, 0.1) is 9.90 Å². The maximum absolute atomic E-state index is 12.4. The number of benzene rings is 1. The highest BCUT2D eigenvalue weighted by Gasteiger charge is 2.26. The molecule has 2 aromatic heterocycles. The lowest BCUT2D eigenvalue weighted by Gasteiger charge is -2.34. The number of esters is 1. The molecule has 0 spiro atoms. The van der Waals surface area contributed by atoms with Crippen LogP contribution in [0.25, 0.3) is 10.9 Å². The molecule has 3 aromatic rings. The number of piperazine rings is 1. The number of H-pyrrole nitrogens is 1. The molecule has 1 aliphatic rings. The van der Waals surface area contributed by atoms with Gasteiger partial charge in [0.2, 0.25) is 0 Å². The Morgan fingerprint density at radius 3 is 2.45 bits per heavy atom. The van der Waals surface area contributed by atoms with E-state index in [4.69, 9.17) is 16.3 Å². The zero-order valence-electron chi connectivity index (χ0n) is 15.4. The summed E-state index contributed by atoms with van der Waals surface area (Å²) in [5.41, 5.74) is 0.856. The molecule has 1 saturated heterocycles. The number of nitrogens with zero attached hydrogens (tertiary/aromatic N) is 2. The Morgan fingerprint density at radius 1 is 1.03 bits per heavy atom. The SMILES string of the molecule is O=C(OCC(=O)N1CCN(C(=O)c2cccs2)CC1)c1[nH]c2ccccc2c1Cl. The van der Waals surface area contributed by atoms with Gasteiger partial charge in [-0.25, -0.2) is 4.79 Å². The molecule has 0 radical (unpaired) electrons. The normalized spacial score (nSPS) is 14.2. The highest BCUT2D eigenvalue weighted by Crippen LogP contribution is 2.27. The number of hydrogen-bond donors (Lipinski definition) is 1. The first-order valence-corrected chi connectivity index (χ1v) is 10.3. The number of fused-ring (bicyclic) bond motifs is 1. The first-order valence-electron chi connectivity index (χ1n) is 9.08. The minimum absolute atomic E-state index is 0.0213. The molecule has 0 unspecified atom stereocenters. The highest BCUT2D eigenvalue weighted by atomic mass is 35.5. The third kappa shape index (κ3) is 3.99. The number of aromatic amines is 1. The van der Waals surface area contributed by atoms with Crippen LogP contribution < -0.4 is 0 Å². The molecule has 0 aliphatic carbocycles. The Kier molecular flexibility index (Phi) is 5.55. The number of carbonyl (C=O) groups excluding carboxylic acids is 3. The van der Waals surface area contributed by atoms with Crippen LogP contribution in [-0.4, -0.2) is 65.4 Å². The van der Waals surface area contributed by atoms with Crippen molar-refractivity contribution in [1.82, 2.24) is 14.8 Å². The third-order valence-corrected chi connectivity index (χ3v) is 6.08. The number of aromatic nitrogens is 1. The first kappa shape index (κ1) is 19.5. The summed E-state index contributed by atoms with van der Waals surface area (Å²) in [5, 5.41) is 2.86. The fourth-order valence-electron chi connectivity index (χ4n) is 3.25. The molecule has 1 N–H and O–H groups in total. The van der Waals surface area contributed by atoms with Crippen LogP contribution in [0.15, 0.2) is 41.8 Å². The summed E-state index contributed by atoms with van der Waals surface area (Å²) in [6, 6.07) is 10.9. The quantitative estimate of drug-likeness (QED) is 0.644. The minimum atomic E-state index is -0.675. The Bertz CT molecular complexity index is 1060. The van der Waals surface area contributed by atoms with Crippen molar-refractivity contribution >= 4 is 51.6 Å². The van der Waals surface area contributed by atoms with Crippen molar-refractivity contribution < 1.29 is 19.1 Å². The average Bonchev–Trinajstić information content (AvgIpc) is 3.40. The van der Waals surface area contributed by atoms with Crippen LogP contribution >= 0.6 is 22.9 Å². The molecule has 1 aliphatic heterocycles. The van der Waals surface area contributed by atoms with E-state index in [1.165, 1.54) is 11.3 Å². The summed E-state index contributed by atoms with van der Waals surface area (Å²) in [7, 11) is 0. The molecular formula is C20H18ClN3O4S. The largest absolute Gasteiger partial charge is 0.451 e. The van der Waals surface area contributed by atoms with Crippen LogP contribution in [0.3, 0.4) is 0 Å². The van der Waals surface area contributed by atoms with Gasteiger partial charge in [0.25, 0.3) is 11.8 Å². The predicted octanol–water partition coefficient (Wildman–Crippen LogP) is 3.02. The second-order valence-electron chi connectivity index (χ2n) is 6.59. The molecule has 7 nitrogen and oxygen atoms in total. The van der Waals surface area contributed by atoms with Crippen molar-refractivity contribution in [1.29, 1.82) is 0 Å². The van der Waals surface area contributed by atoms with Crippen LogP contribution in [0.5, 0.6) is 0 Å². The number of para-hydroxylation sites is 1. The van der Waals surface area contributed by atoms with Gasteiger partial charge in [-0.2, -0.15) is 0 Å². The summed E-state index contributed by atoms with van der Waals surface area (Å²) < 4.78 is 5.16. The number of thiophene rings is 1. The number of halogens is 1. The first-order chi connectivity index (χ1) is 14.0. The van der Waals surface area contributed by atoms with Gasteiger partial charge in [0.1, 0.15) is 5.69 Å². The molecule has 0 bridgehead atoms. The fraction of sp³-hybridized carbons (Fsp3) is 0.250. The standard InChI is InChI=1S/C20H18ClN3O4S/c21-17-13-4-1-2-5-14(13)22-18(17)20(27)28-12-16(25)23-7-9-24(10-8-23)19(26)15-6-3-11-29-15/h1-6,11,22H,7-10,12H2. The van der Waals surface area contributed by atoms with E-state index in [1.54, 1.807) is 28.0 Å². The van der Waals surface area contributed by atoms with Crippen molar-refractivity contribution in [3.63, 3.8) is 0 Å². The van der Waals surface area contributed by atoms with E-state index < -0.39 is 5.97 Å². The lowest BCUT2D eigenvalue weighted by atomic mass is 10.2. The van der Waals surface area contributed by atoms with Crippen molar-refractivity contribution in [2.24, 2.45) is 0 Å². The molecule has 29 heavy (non-hydrogen) atoms. The second-order valence-corrected chi connectivity index (χ2v) is 7.91. The van der Waals surface area contributed by atoms with Crippen molar-refractivity contribution in [2.45, 2.75) is 0 Å². The zero-order valence-corrected chi connectivity index (χ0v) is 17.0. The monoisotopic (exact) mass is 431 g/mol. The Morgan fingerprint density at radius 2 is 1.76 bits per heavy atom. The molecule has 2 amide bonds. The fourth-order valence-corrected chi connectivity index (χ4v) is 4.23. The predicted molar refractivity (Wildman–Crippen MR) is 110 cm³/mol. The number of carbonyl (C=O) groups is 3. The topological polar surface area (TPSA) is 82.7 Å². The van der Waals surface area contributed by atoms with Gasteiger partial charge in [-0.3, -0.25) is 9.59 Å². The van der Waals surface area contributed by atoms with E-state index in [9.17, 15) is 14.4 Å². The molecule has 4 rings (SSSR count). The van der Waals surface area contributed by atoms with Gasteiger partial charge >= 0.3 is 5.97 Å². The number of ether oxygens (including phenoxy) is 1. The molecule has 1 fully saturated rings. The number of nitrogens with one attached hydrogen (secondary N) is 1. The van der Waals surface area contributed by atoms with Gasteiger partial charge in [-0.1, -0.05) is 35.9 Å². The van der Waals surface area contributed by atoms with E-state index in [-0.39, 0.29) is 29.1 Å². The Hall–Kier alpha value is -2.84. The maximum Gasteiger partial charge on any atom is 0.356 e. The van der Waals surface area contributed by atoms with Crippen LogP contribution in [-0.2, 0) is 9.53 Å². The van der Waals surface area contributed by atoms with Crippen LogP contribution in [0.4, 0.5) is 0 Å². The third-order valence-electron chi connectivity index (χ3n) is 4.83. The van der Waals surface area contributed by atoms with Crippen molar-refractivity contribution in [3.05, 3.63) is 57.4 Å². The number of rotatable bonds is 4. The molecule has 1 aromatic carbocycles. The molecule has 0 atom stereocenters. The van der Waals surface area contributed by atoms with Gasteiger partial charge in [0, 0.05) is 37.1 Å². The van der Waals surface area contributed by atoms with E-state index in [0.717, 1.165) is 10.9 Å². The van der Waals surface area contributed by atoms with E-state index in [1.807, 2.05) is 23.6 Å². The minimum Gasteiger partial charge on any atom is -0.451 e. The molecule has 150 valence electrons. The van der Waals surface area contributed by atoms with Crippen LogP contribution in [0.2, 0.25) is 5.02 Å². The van der Waals surface area contributed by atoms with Gasteiger partial charge in [-0.05, 0) is 17.5 Å². The highest BCUT2D eigenvalue weighted by molar-refractivity contribution is 7.12. The molecule has 3 heterocycles. The average molecular weight is 432 g/mol. The lowest BCUT2D eigenvalue weighted by Crippen LogP contribution is -2.51. The summed E-state index contributed by atoms with van der Waals surface area (Å²) in [5.74, 6) is -0.994. The van der Waals surface area contributed by atoms with Gasteiger partial charge in [-0.15, -0.1) is 11.3 Å². The summed E-state index contributed by atoms with van der Waals surface area (Å²) in [6.07, 6.45) is 0. The van der Waals surface area contributed by atoms with Gasteiger partial charge < -0.3 is 19.5 Å². The van der Waals surface area contributed by atoms with E-state index in [2.05, 4.69) is 4.98 Å². The molecule has 0 saturated carbocycles. The Labute approximate surface area is 175 Å². The summed E-state index contributed by atoms with van der Waals surface area (Å²) in [6.45, 7) is 1.33. The summed E-state index contributed by atoms with van der Waals surface area (Å²) >= 11 is 7.64. The maximum atomic E-state index is 12.4. The van der Waals surface area contributed by atoms with Crippen LogP contribution in [0.1, 0.15) is 20.2 Å². The summed E-state index contributed by atoms with van der Waals surface area (Å²) in [4.78, 5) is 44.0. The van der Waals surface area contributed by atoms with Gasteiger partial charge in [0.15, 0.2) is 6.61 Å². The lowest BCUT2D eigenvalue weighted by molar-refractivity contribution is -0.136. The van der Waals surface area contributed by atoms with Crippen molar-refractivity contribution in [2.75, 3.05) is 32.8 Å². The second kappa shape index (κ2) is 8.26. The Balaban J connectivity index is 1.30. The zero-order chi connectivity index (χ0) is 20.4. The van der Waals surface area contributed by atoms with E-state index in [0.29, 0.717) is 31.1 Å². The van der Waals surface area contributed by atoms with E-state index >= 15 is 0 Å².